The lowest BCUT2D eigenvalue weighted by atomic mass is 10.1. The van der Waals surface area contributed by atoms with Crippen molar-refractivity contribution >= 4 is 23.3 Å². The molecule has 1 N–H and O–H groups in total. The fourth-order valence-electron chi connectivity index (χ4n) is 3.34. The molecule has 5 nitrogen and oxygen atoms in total. The molecule has 3 rings (SSSR count). The van der Waals surface area contributed by atoms with Gasteiger partial charge >= 0.3 is 6.03 Å². The minimum Gasteiger partial charge on any atom is -0.497 e. The predicted octanol–water partition coefficient (Wildman–Crippen LogP) is 3.73. The smallest absolute Gasteiger partial charge is 0.317 e. The Kier molecular flexibility index (Phi) is 6.45. The number of piperazine rings is 1. The van der Waals surface area contributed by atoms with Gasteiger partial charge in [-0.05, 0) is 54.8 Å². The van der Waals surface area contributed by atoms with E-state index >= 15 is 0 Å². The van der Waals surface area contributed by atoms with Gasteiger partial charge in [0.05, 0.1) is 7.11 Å². The van der Waals surface area contributed by atoms with Crippen LogP contribution in [0.5, 0.6) is 5.75 Å². The minimum absolute atomic E-state index is 0.0102. The number of anilines is 1. The van der Waals surface area contributed by atoms with Crippen LogP contribution in [0.25, 0.3) is 0 Å². The number of ether oxygens (including phenoxy) is 1. The summed E-state index contributed by atoms with van der Waals surface area (Å²) in [4.78, 5) is 16.6. The number of methoxy groups -OCH3 is 1. The number of nitrogens with one attached hydrogen (secondary N) is 1. The summed E-state index contributed by atoms with van der Waals surface area (Å²) in [6, 6.07) is 13.9. The van der Waals surface area contributed by atoms with Gasteiger partial charge in [0.2, 0.25) is 0 Å². The maximum atomic E-state index is 12.4. The van der Waals surface area contributed by atoms with Crippen molar-refractivity contribution in [1.82, 2.24) is 10.2 Å². The van der Waals surface area contributed by atoms with Crippen LogP contribution in [0.2, 0.25) is 5.02 Å². The van der Waals surface area contributed by atoms with Crippen LogP contribution in [0.4, 0.5) is 10.5 Å². The third-order valence-electron chi connectivity index (χ3n) is 4.92. The Hall–Kier alpha value is -2.40. The number of urea groups is 1. The Bertz CT molecular complexity index is 771. The number of hydrogen-bond acceptors (Lipinski definition) is 3. The molecule has 0 atom stereocenters. The first-order valence-corrected chi connectivity index (χ1v) is 9.61. The van der Waals surface area contributed by atoms with Crippen LogP contribution in [0, 0.1) is 6.92 Å². The SMILES string of the molecule is COc1ccc(CCNC(=O)N2CCN(c3ccc(Cl)cc3C)CC2)cc1. The Morgan fingerprint density at radius 3 is 2.44 bits per heavy atom. The second-order valence-electron chi connectivity index (χ2n) is 6.73. The van der Waals surface area contributed by atoms with E-state index in [4.69, 9.17) is 16.3 Å². The molecule has 0 unspecified atom stereocenters. The van der Waals surface area contributed by atoms with Gasteiger partial charge in [-0.1, -0.05) is 23.7 Å². The number of halogens is 1. The Labute approximate surface area is 165 Å². The first-order chi connectivity index (χ1) is 13.1. The maximum absolute atomic E-state index is 12.4. The average molecular weight is 388 g/mol. The summed E-state index contributed by atoms with van der Waals surface area (Å²) in [7, 11) is 1.66. The molecule has 2 aromatic carbocycles. The monoisotopic (exact) mass is 387 g/mol. The van der Waals surface area contributed by atoms with E-state index in [0.29, 0.717) is 6.54 Å². The number of hydrogen-bond donors (Lipinski definition) is 1. The molecule has 0 aliphatic carbocycles. The minimum atomic E-state index is 0.0102. The van der Waals surface area contributed by atoms with Gasteiger partial charge < -0.3 is 19.9 Å². The van der Waals surface area contributed by atoms with Gasteiger partial charge in [0, 0.05) is 43.4 Å². The van der Waals surface area contributed by atoms with Crippen molar-refractivity contribution in [3.63, 3.8) is 0 Å². The summed E-state index contributed by atoms with van der Waals surface area (Å²) in [5.74, 6) is 0.844. The number of rotatable bonds is 5. The lowest BCUT2D eigenvalue weighted by molar-refractivity contribution is 0.194. The van der Waals surface area contributed by atoms with Gasteiger partial charge in [-0.25, -0.2) is 4.79 Å². The molecule has 2 amide bonds. The molecule has 1 aliphatic heterocycles. The van der Waals surface area contributed by atoms with Crippen LogP contribution >= 0.6 is 11.6 Å². The second-order valence-corrected chi connectivity index (χ2v) is 7.17. The van der Waals surface area contributed by atoms with Crippen LogP contribution in [0.3, 0.4) is 0 Å². The number of benzene rings is 2. The summed E-state index contributed by atoms with van der Waals surface area (Å²) in [6.45, 7) is 5.79. The zero-order valence-corrected chi connectivity index (χ0v) is 16.6. The van der Waals surface area contributed by atoms with Crippen molar-refractivity contribution in [2.24, 2.45) is 0 Å². The number of carbonyl (C=O) groups excluding carboxylic acids is 1. The first kappa shape index (κ1) is 19.4. The predicted molar refractivity (Wildman–Crippen MR) is 110 cm³/mol. The van der Waals surface area contributed by atoms with Crippen LogP contribution in [-0.4, -0.2) is 50.8 Å². The zero-order chi connectivity index (χ0) is 19.2. The molecule has 1 heterocycles. The quantitative estimate of drug-likeness (QED) is 0.850. The van der Waals surface area contributed by atoms with E-state index in [2.05, 4.69) is 23.2 Å². The molecule has 0 spiro atoms. The molecule has 1 aliphatic rings. The summed E-state index contributed by atoms with van der Waals surface area (Å²) >= 11 is 6.04. The largest absolute Gasteiger partial charge is 0.497 e. The van der Waals surface area contributed by atoms with Gasteiger partial charge in [-0.15, -0.1) is 0 Å². The van der Waals surface area contributed by atoms with E-state index in [0.717, 1.165) is 43.4 Å². The van der Waals surface area contributed by atoms with Crippen LogP contribution in [0.1, 0.15) is 11.1 Å². The van der Waals surface area contributed by atoms with E-state index in [9.17, 15) is 4.79 Å². The molecule has 2 aromatic rings. The molecule has 1 saturated heterocycles. The molecular weight excluding hydrogens is 362 g/mol. The highest BCUT2D eigenvalue weighted by molar-refractivity contribution is 6.30. The Morgan fingerprint density at radius 2 is 1.81 bits per heavy atom. The average Bonchev–Trinajstić information content (AvgIpc) is 2.68. The topological polar surface area (TPSA) is 44.8 Å². The molecule has 144 valence electrons. The molecule has 0 bridgehead atoms. The Balaban J connectivity index is 1.44. The van der Waals surface area contributed by atoms with Gasteiger partial charge in [-0.3, -0.25) is 0 Å². The summed E-state index contributed by atoms with van der Waals surface area (Å²) < 4.78 is 5.16. The highest BCUT2D eigenvalue weighted by atomic mass is 35.5. The van der Waals surface area contributed by atoms with E-state index in [1.54, 1.807) is 7.11 Å². The van der Waals surface area contributed by atoms with E-state index in [-0.39, 0.29) is 6.03 Å². The highest BCUT2D eigenvalue weighted by Crippen LogP contribution is 2.24. The number of amides is 2. The van der Waals surface area contributed by atoms with Gasteiger partial charge in [0.15, 0.2) is 0 Å². The van der Waals surface area contributed by atoms with Crippen molar-refractivity contribution < 1.29 is 9.53 Å². The number of nitrogens with zero attached hydrogens (tertiary/aromatic N) is 2. The zero-order valence-electron chi connectivity index (χ0n) is 15.9. The van der Waals surface area contributed by atoms with Gasteiger partial charge in [-0.2, -0.15) is 0 Å². The van der Waals surface area contributed by atoms with Crippen molar-refractivity contribution in [2.45, 2.75) is 13.3 Å². The maximum Gasteiger partial charge on any atom is 0.317 e. The summed E-state index contributed by atoms with van der Waals surface area (Å²) in [6.07, 6.45) is 0.805. The Morgan fingerprint density at radius 1 is 1.11 bits per heavy atom. The molecule has 0 radical (unpaired) electrons. The summed E-state index contributed by atoms with van der Waals surface area (Å²) in [5.41, 5.74) is 3.54. The second kappa shape index (κ2) is 9.00. The van der Waals surface area contributed by atoms with Crippen molar-refractivity contribution in [3.8, 4) is 5.75 Å². The van der Waals surface area contributed by atoms with Gasteiger partial charge in [0.25, 0.3) is 0 Å². The molecule has 1 fully saturated rings. The number of aryl methyl sites for hydroxylation is 1. The van der Waals surface area contributed by atoms with Crippen molar-refractivity contribution in [2.75, 3.05) is 44.7 Å². The van der Waals surface area contributed by atoms with Gasteiger partial charge in [0.1, 0.15) is 5.75 Å². The molecule has 0 saturated carbocycles. The van der Waals surface area contributed by atoms with Crippen LogP contribution in [0.15, 0.2) is 42.5 Å². The fourth-order valence-corrected chi connectivity index (χ4v) is 3.57. The van der Waals surface area contributed by atoms with Crippen molar-refractivity contribution in [1.29, 1.82) is 0 Å². The normalized spacial score (nSPS) is 14.2. The third-order valence-corrected chi connectivity index (χ3v) is 5.15. The van der Waals surface area contributed by atoms with Crippen LogP contribution < -0.4 is 15.0 Å². The summed E-state index contributed by atoms with van der Waals surface area (Å²) in [5, 5.41) is 3.78. The lowest BCUT2D eigenvalue weighted by Gasteiger charge is -2.36. The molecular formula is C21H26ClN3O2. The number of carbonyl (C=O) groups is 1. The third kappa shape index (κ3) is 5.07. The fraction of sp³-hybridized carbons (Fsp3) is 0.381. The lowest BCUT2D eigenvalue weighted by Crippen LogP contribution is -2.52. The molecule has 6 heteroatoms. The van der Waals surface area contributed by atoms with E-state index < -0.39 is 0 Å². The first-order valence-electron chi connectivity index (χ1n) is 9.23. The standard InChI is InChI=1S/C21H26ClN3O2/c1-16-15-18(22)5-8-20(16)24-11-13-25(14-12-24)21(26)23-10-9-17-3-6-19(27-2)7-4-17/h3-8,15H,9-14H2,1-2H3,(H,23,26). The van der Waals surface area contributed by atoms with Crippen LogP contribution in [-0.2, 0) is 6.42 Å². The molecule has 27 heavy (non-hydrogen) atoms. The van der Waals surface area contributed by atoms with E-state index in [1.807, 2.05) is 41.3 Å². The highest BCUT2D eigenvalue weighted by Gasteiger charge is 2.21. The molecule has 0 aromatic heterocycles. The van der Waals surface area contributed by atoms with E-state index in [1.165, 1.54) is 16.8 Å². The van der Waals surface area contributed by atoms with Crippen molar-refractivity contribution in [3.05, 3.63) is 58.6 Å².